The fourth-order valence-corrected chi connectivity index (χ4v) is 3.00. The first-order chi connectivity index (χ1) is 9.71. The number of ether oxygens (including phenoxy) is 1. The van der Waals surface area contributed by atoms with Crippen LogP contribution >= 0.6 is 11.8 Å². The maximum absolute atomic E-state index is 11.7. The zero-order chi connectivity index (χ0) is 14.8. The van der Waals surface area contributed by atoms with Crippen molar-refractivity contribution in [1.82, 2.24) is 0 Å². The van der Waals surface area contributed by atoms with E-state index in [4.69, 9.17) is 10.6 Å². The van der Waals surface area contributed by atoms with Gasteiger partial charge < -0.3 is 9.57 Å². The molecule has 4 nitrogen and oxygen atoms in total. The highest BCUT2D eigenvalue weighted by atomic mass is 32.2. The van der Waals surface area contributed by atoms with E-state index in [0.29, 0.717) is 0 Å². The lowest BCUT2D eigenvalue weighted by Crippen LogP contribution is -2.23. The molecule has 0 aliphatic carbocycles. The van der Waals surface area contributed by atoms with Crippen molar-refractivity contribution in [2.75, 3.05) is 7.11 Å². The van der Waals surface area contributed by atoms with Gasteiger partial charge in [0.05, 0.1) is 7.11 Å². The summed E-state index contributed by atoms with van der Waals surface area (Å²) in [6, 6.07) is 7.65. The number of hydrogen-bond donors (Lipinski definition) is 1. The Morgan fingerprint density at radius 1 is 1.35 bits per heavy atom. The Balaban J connectivity index is 2.61. The number of carbonyl (C=O) groups is 1. The molecule has 112 valence electrons. The van der Waals surface area contributed by atoms with Crippen LogP contribution in [0.5, 0.6) is 5.75 Å². The van der Waals surface area contributed by atoms with Crippen molar-refractivity contribution in [2.45, 2.75) is 49.2 Å². The molecule has 1 rings (SSSR count). The first kappa shape index (κ1) is 16.9. The van der Waals surface area contributed by atoms with Crippen LogP contribution in [0.3, 0.4) is 0 Å². The molecule has 0 saturated heterocycles. The molecule has 0 amide bonds. The highest BCUT2D eigenvalue weighted by Gasteiger charge is 2.20. The van der Waals surface area contributed by atoms with Crippen molar-refractivity contribution in [3.05, 3.63) is 24.3 Å². The Labute approximate surface area is 125 Å². The van der Waals surface area contributed by atoms with Crippen LogP contribution in [0, 0.1) is 0 Å². The summed E-state index contributed by atoms with van der Waals surface area (Å²) in [4.78, 5) is 17.1. The fourth-order valence-electron chi connectivity index (χ4n) is 1.90. The van der Waals surface area contributed by atoms with E-state index in [2.05, 4.69) is 11.8 Å². The summed E-state index contributed by atoms with van der Waals surface area (Å²) >= 11 is 1.47. The summed E-state index contributed by atoms with van der Waals surface area (Å²) in [5.41, 5.74) is 0. The lowest BCUT2D eigenvalue weighted by molar-refractivity contribution is -0.143. The molecule has 0 spiro atoms. The van der Waals surface area contributed by atoms with Gasteiger partial charge in [-0.3, -0.25) is 0 Å². The minimum Gasteiger partial charge on any atom is -0.497 e. The first-order valence-electron chi connectivity index (χ1n) is 6.92. The number of nitrogens with two attached hydrogens (primary N) is 1. The van der Waals surface area contributed by atoms with E-state index in [1.165, 1.54) is 24.6 Å². The third-order valence-corrected chi connectivity index (χ3v) is 4.26. The van der Waals surface area contributed by atoms with E-state index in [1.54, 1.807) is 7.11 Å². The van der Waals surface area contributed by atoms with Crippen LogP contribution < -0.4 is 10.6 Å². The van der Waals surface area contributed by atoms with Crippen molar-refractivity contribution >= 4 is 17.7 Å². The molecule has 1 unspecified atom stereocenters. The Bertz CT molecular complexity index is 412. The Morgan fingerprint density at radius 2 is 2.15 bits per heavy atom. The van der Waals surface area contributed by atoms with Crippen LogP contribution in [-0.2, 0) is 9.63 Å². The van der Waals surface area contributed by atoms with Crippen molar-refractivity contribution in [3.8, 4) is 5.75 Å². The molecule has 0 aliphatic heterocycles. The summed E-state index contributed by atoms with van der Waals surface area (Å²) in [6.45, 7) is 2.16. The highest BCUT2D eigenvalue weighted by molar-refractivity contribution is 8.00. The molecule has 0 heterocycles. The normalized spacial score (nSPS) is 11.9. The summed E-state index contributed by atoms with van der Waals surface area (Å²) in [5, 5.41) is -0.260. The van der Waals surface area contributed by atoms with Crippen molar-refractivity contribution in [2.24, 2.45) is 5.90 Å². The Hall–Kier alpha value is -1.20. The molecule has 0 saturated carbocycles. The molecule has 1 aromatic rings. The quantitative estimate of drug-likeness (QED) is 0.429. The summed E-state index contributed by atoms with van der Waals surface area (Å²) in [7, 11) is 1.63. The summed E-state index contributed by atoms with van der Waals surface area (Å²) < 4.78 is 5.18. The lowest BCUT2D eigenvalue weighted by Gasteiger charge is -2.14. The van der Waals surface area contributed by atoms with E-state index in [9.17, 15) is 4.79 Å². The van der Waals surface area contributed by atoms with Gasteiger partial charge in [-0.1, -0.05) is 38.7 Å². The van der Waals surface area contributed by atoms with E-state index in [0.717, 1.165) is 29.9 Å². The van der Waals surface area contributed by atoms with Gasteiger partial charge in [0.15, 0.2) is 0 Å². The van der Waals surface area contributed by atoms with Gasteiger partial charge in [-0.15, -0.1) is 11.8 Å². The second-order valence-corrected chi connectivity index (χ2v) is 5.85. The fraction of sp³-hybridized carbons (Fsp3) is 0.533. The monoisotopic (exact) mass is 297 g/mol. The van der Waals surface area contributed by atoms with Gasteiger partial charge in [-0.2, -0.15) is 5.90 Å². The van der Waals surface area contributed by atoms with Crippen molar-refractivity contribution < 1.29 is 14.4 Å². The number of hydrogen-bond acceptors (Lipinski definition) is 5. The lowest BCUT2D eigenvalue weighted by atomic mass is 10.1. The zero-order valence-corrected chi connectivity index (χ0v) is 12.9. The van der Waals surface area contributed by atoms with Gasteiger partial charge in [-0.25, -0.2) is 4.79 Å². The van der Waals surface area contributed by atoms with Crippen LogP contribution in [0.2, 0.25) is 0 Å². The smallest absolute Gasteiger partial charge is 0.337 e. The van der Waals surface area contributed by atoms with Crippen molar-refractivity contribution in [3.63, 3.8) is 0 Å². The van der Waals surface area contributed by atoms with E-state index >= 15 is 0 Å². The van der Waals surface area contributed by atoms with Gasteiger partial charge >= 0.3 is 5.97 Å². The third kappa shape index (κ3) is 5.84. The summed E-state index contributed by atoms with van der Waals surface area (Å²) in [6.07, 6.45) is 5.27. The van der Waals surface area contributed by atoms with Gasteiger partial charge in [0.1, 0.15) is 11.0 Å². The third-order valence-electron chi connectivity index (χ3n) is 3.02. The molecule has 20 heavy (non-hydrogen) atoms. The number of thioether (sulfide) groups is 1. The average Bonchev–Trinajstić information content (AvgIpc) is 2.49. The molecule has 0 fully saturated rings. The number of methoxy groups -OCH3 is 1. The van der Waals surface area contributed by atoms with Gasteiger partial charge in [0.25, 0.3) is 0 Å². The first-order valence-corrected chi connectivity index (χ1v) is 7.80. The maximum atomic E-state index is 11.7. The predicted molar refractivity (Wildman–Crippen MR) is 81.7 cm³/mol. The molecular formula is C15H23NO3S. The average molecular weight is 297 g/mol. The van der Waals surface area contributed by atoms with Gasteiger partial charge in [-0.05, 0) is 24.6 Å². The molecule has 0 radical (unpaired) electrons. The minimum absolute atomic E-state index is 0.260. The SMILES string of the molecule is CCCCCCC(Sc1cccc(OC)c1)C(=O)ON. The second-order valence-electron chi connectivity index (χ2n) is 4.57. The van der Waals surface area contributed by atoms with Gasteiger partial charge in [0, 0.05) is 4.90 Å². The highest BCUT2D eigenvalue weighted by Crippen LogP contribution is 2.30. The molecular weight excluding hydrogens is 274 g/mol. The van der Waals surface area contributed by atoms with Crippen LogP contribution in [0.4, 0.5) is 0 Å². The van der Waals surface area contributed by atoms with Crippen molar-refractivity contribution in [1.29, 1.82) is 0 Å². The van der Waals surface area contributed by atoms with Crippen LogP contribution in [-0.4, -0.2) is 18.3 Å². The zero-order valence-electron chi connectivity index (χ0n) is 12.1. The van der Waals surface area contributed by atoms with E-state index < -0.39 is 0 Å². The minimum atomic E-state index is -0.366. The topological polar surface area (TPSA) is 61.5 Å². The van der Waals surface area contributed by atoms with Gasteiger partial charge in [0.2, 0.25) is 0 Å². The number of benzene rings is 1. The standard InChI is InChI=1S/C15H23NO3S/c1-3-4-5-6-10-14(15(17)19-16)20-13-9-7-8-12(11-13)18-2/h7-9,11,14H,3-6,10,16H2,1-2H3. The van der Waals surface area contributed by atoms with E-state index in [1.807, 2.05) is 24.3 Å². The molecule has 0 bridgehead atoms. The van der Waals surface area contributed by atoms with Crippen LogP contribution in [0.25, 0.3) is 0 Å². The molecule has 2 N–H and O–H groups in total. The second kappa shape index (κ2) is 9.66. The Kier molecular flexibility index (Phi) is 8.14. The number of unbranched alkanes of at least 4 members (excludes halogenated alkanes) is 3. The number of carbonyl (C=O) groups excluding carboxylic acids is 1. The molecule has 0 aromatic heterocycles. The largest absolute Gasteiger partial charge is 0.497 e. The van der Waals surface area contributed by atoms with E-state index in [-0.39, 0.29) is 11.2 Å². The maximum Gasteiger partial charge on any atom is 0.337 e. The Morgan fingerprint density at radius 3 is 2.80 bits per heavy atom. The molecule has 1 aromatic carbocycles. The molecule has 1 atom stereocenters. The molecule has 0 aliphatic rings. The number of rotatable bonds is 9. The summed E-state index contributed by atoms with van der Waals surface area (Å²) in [5.74, 6) is 5.44. The molecule has 5 heteroatoms. The van der Waals surface area contributed by atoms with Crippen LogP contribution in [0.15, 0.2) is 29.2 Å². The van der Waals surface area contributed by atoms with Crippen LogP contribution in [0.1, 0.15) is 39.0 Å². The predicted octanol–water partition coefficient (Wildman–Crippen LogP) is 3.54.